The van der Waals surface area contributed by atoms with Crippen LogP contribution in [0.1, 0.15) is 25.8 Å². The summed E-state index contributed by atoms with van der Waals surface area (Å²) in [5.41, 5.74) is 3.71. The molecule has 0 amide bonds. The lowest BCUT2D eigenvalue weighted by Crippen LogP contribution is -2.51. The zero-order valence-electron chi connectivity index (χ0n) is 13.7. The first kappa shape index (κ1) is 15.6. The summed E-state index contributed by atoms with van der Waals surface area (Å²) in [6.45, 7) is 7.48. The Labute approximate surface area is 137 Å². The van der Waals surface area contributed by atoms with E-state index in [0.29, 0.717) is 17.5 Å². The van der Waals surface area contributed by atoms with Crippen molar-refractivity contribution in [3.05, 3.63) is 36.2 Å². The predicted molar refractivity (Wildman–Crippen MR) is 92.2 cm³/mol. The van der Waals surface area contributed by atoms with Crippen LogP contribution in [0.5, 0.6) is 0 Å². The summed E-state index contributed by atoms with van der Waals surface area (Å²) in [7, 11) is 0. The number of nitriles is 1. The van der Waals surface area contributed by atoms with Crippen molar-refractivity contribution < 1.29 is 0 Å². The van der Waals surface area contributed by atoms with Gasteiger partial charge in [0.25, 0.3) is 0 Å². The summed E-state index contributed by atoms with van der Waals surface area (Å²) < 4.78 is 0. The van der Waals surface area contributed by atoms with Crippen LogP contribution in [0.2, 0.25) is 0 Å². The van der Waals surface area contributed by atoms with E-state index in [1.165, 1.54) is 6.42 Å². The lowest BCUT2D eigenvalue weighted by molar-refractivity contribution is 0.388. The second kappa shape index (κ2) is 6.84. The molecule has 0 spiro atoms. The standard InChI is InChI=1S/C18H23N5/c1-13(2)7-16-12-23(6-5-20-16)17-3-4-18(14(8-17)9-19)15-10-21-22-11-15/h3-4,8,10-11,13,16,20H,5-7,12H2,1-2H3,(H,21,22). The third-order valence-electron chi connectivity index (χ3n) is 4.31. The number of hydrogen-bond donors (Lipinski definition) is 2. The van der Waals surface area contributed by atoms with Crippen LogP contribution in [-0.2, 0) is 0 Å². The summed E-state index contributed by atoms with van der Waals surface area (Å²) in [6, 6.07) is 8.98. The van der Waals surface area contributed by atoms with Crippen LogP contribution in [0.3, 0.4) is 0 Å². The van der Waals surface area contributed by atoms with Crippen molar-refractivity contribution >= 4 is 5.69 Å². The highest BCUT2D eigenvalue weighted by Crippen LogP contribution is 2.27. The van der Waals surface area contributed by atoms with Gasteiger partial charge in [0.15, 0.2) is 0 Å². The van der Waals surface area contributed by atoms with E-state index in [4.69, 9.17) is 0 Å². The molecule has 1 aromatic heterocycles. The Bertz CT molecular complexity index is 684. The molecular weight excluding hydrogens is 286 g/mol. The molecule has 1 aliphatic rings. The average molecular weight is 309 g/mol. The topological polar surface area (TPSA) is 67.7 Å². The lowest BCUT2D eigenvalue weighted by Gasteiger charge is -2.36. The molecule has 120 valence electrons. The van der Waals surface area contributed by atoms with Crippen LogP contribution in [0.25, 0.3) is 11.1 Å². The van der Waals surface area contributed by atoms with E-state index in [1.54, 1.807) is 6.20 Å². The van der Waals surface area contributed by atoms with E-state index in [0.717, 1.165) is 36.4 Å². The molecule has 0 saturated carbocycles. The number of aromatic nitrogens is 2. The number of hydrogen-bond acceptors (Lipinski definition) is 4. The number of rotatable bonds is 4. The summed E-state index contributed by atoms with van der Waals surface area (Å²) in [5.74, 6) is 0.686. The Kier molecular flexibility index (Phi) is 4.63. The van der Waals surface area contributed by atoms with Gasteiger partial charge in [-0.05, 0) is 24.5 Å². The van der Waals surface area contributed by atoms with Crippen molar-refractivity contribution in [2.24, 2.45) is 5.92 Å². The van der Waals surface area contributed by atoms with Gasteiger partial charge >= 0.3 is 0 Å². The van der Waals surface area contributed by atoms with Crippen molar-refractivity contribution in [1.29, 1.82) is 5.26 Å². The van der Waals surface area contributed by atoms with Gasteiger partial charge in [-0.1, -0.05) is 19.9 Å². The predicted octanol–water partition coefficient (Wildman–Crippen LogP) is 2.77. The SMILES string of the molecule is CC(C)CC1CN(c2ccc(-c3cn[nH]c3)c(C#N)c2)CCN1. The number of nitrogens with zero attached hydrogens (tertiary/aromatic N) is 3. The molecular formula is C18H23N5. The maximum Gasteiger partial charge on any atom is 0.0998 e. The van der Waals surface area contributed by atoms with Gasteiger partial charge in [-0.3, -0.25) is 5.10 Å². The Morgan fingerprint density at radius 2 is 2.30 bits per heavy atom. The number of aromatic amines is 1. The van der Waals surface area contributed by atoms with Gasteiger partial charge in [0, 0.05) is 48.7 Å². The van der Waals surface area contributed by atoms with E-state index >= 15 is 0 Å². The fourth-order valence-corrected chi connectivity index (χ4v) is 3.26. The van der Waals surface area contributed by atoms with Gasteiger partial charge in [0.05, 0.1) is 17.8 Å². The van der Waals surface area contributed by atoms with Gasteiger partial charge in [-0.2, -0.15) is 10.4 Å². The quantitative estimate of drug-likeness (QED) is 0.911. The zero-order chi connectivity index (χ0) is 16.2. The van der Waals surface area contributed by atoms with Crippen molar-refractivity contribution in [3.63, 3.8) is 0 Å². The molecule has 23 heavy (non-hydrogen) atoms. The third kappa shape index (κ3) is 3.54. The minimum absolute atomic E-state index is 0.517. The molecule has 1 saturated heterocycles. The monoisotopic (exact) mass is 309 g/mol. The number of nitrogens with one attached hydrogen (secondary N) is 2. The minimum Gasteiger partial charge on any atom is -0.369 e. The second-order valence-corrected chi connectivity index (χ2v) is 6.56. The van der Waals surface area contributed by atoms with Gasteiger partial charge in [-0.25, -0.2) is 0 Å². The second-order valence-electron chi connectivity index (χ2n) is 6.56. The molecule has 5 heteroatoms. The molecule has 1 fully saturated rings. The van der Waals surface area contributed by atoms with E-state index in [9.17, 15) is 5.26 Å². The third-order valence-corrected chi connectivity index (χ3v) is 4.31. The summed E-state index contributed by atoms with van der Waals surface area (Å²) in [6.07, 6.45) is 4.74. The lowest BCUT2D eigenvalue weighted by atomic mass is 10.00. The molecule has 3 rings (SSSR count). The molecule has 1 unspecified atom stereocenters. The Morgan fingerprint density at radius 1 is 1.43 bits per heavy atom. The van der Waals surface area contributed by atoms with Crippen molar-refractivity contribution in [2.45, 2.75) is 26.3 Å². The van der Waals surface area contributed by atoms with Gasteiger partial charge in [0.1, 0.15) is 0 Å². The first-order chi connectivity index (χ1) is 11.2. The number of benzene rings is 1. The van der Waals surface area contributed by atoms with Gasteiger partial charge in [-0.15, -0.1) is 0 Å². The molecule has 0 bridgehead atoms. The van der Waals surface area contributed by atoms with Crippen LogP contribution < -0.4 is 10.2 Å². The summed E-state index contributed by atoms with van der Waals surface area (Å²) >= 11 is 0. The Morgan fingerprint density at radius 3 is 3.00 bits per heavy atom. The highest BCUT2D eigenvalue weighted by molar-refractivity contribution is 5.72. The maximum atomic E-state index is 9.50. The average Bonchev–Trinajstić information content (AvgIpc) is 3.08. The summed E-state index contributed by atoms with van der Waals surface area (Å²) in [5, 5.41) is 19.9. The van der Waals surface area contributed by atoms with Crippen molar-refractivity contribution in [3.8, 4) is 17.2 Å². The highest BCUT2D eigenvalue weighted by Gasteiger charge is 2.21. The fourth-order valence-electron chi connectivity index (χ4n) is 3.26. The van der Waals surface area contributed by atoms with Crippen LogP contribution in [0, 0.1) is 17.2 Å². The first-order valence-electron chi connectivity index (χ1n) is 8.19. The van der Waals surface area contributed by atoms with E-state index in [2.05, 4.69) is 46.4 Å². The molecule has 1 aromatic carbocycles. The molecule has 1 atom stereocenters. The smallest absolute Gasteiger partial charge is 0.0998 e. The van der Waals surface area contributed by atoms with Crippen molar-refractivity contribution in [2.75, 3.05) is 24.5 Å². The van der Waals surface area contributed by atoms with Gasteiger partial charge < -0.3 is 10.2 Å². The Hall–Kier alpha value is -2.32. The molecule has 0 aliphatic carbocycles. The molecule has 0 radical (unpaired) electrons. The van der Waals surface area contributed by atoms with Crippen LogP contribution in [0.15, 0.2) is 30.6 Å². The summed E-state index contributed by atoms with van der Waals surface area (Å²) in [4.78, 5) is 2.38. The minimum atomic E-state index is 0.517. The number of piperazine rings is 1. The van der Waals surface area contributed by atoms with E-state index in [-0.39, 0.29) is 0 Å². The molecule has 2 heterocycles. The van der Waals surface area contributed by atoms with Crippen molar-refractivity contribution in [1.82, 2.24) is 15.5 Å². The highest BCUT2D eigenvalue weighted by atomic mass is 15.2. The zero-order valence-corrected chi connectivity index (χ0v) is 13.7. The van der Waals surface area contributed by atoms with Gasteiger partial charge in [0.2, 0.25) is 0 Å². The first-order valence-corrected chi connectivity index (χ1v) is 8.19. The van der Waals surface area contributed by atoms with Crippen LogP contribution in [-0.4, -0.2) is 35.9 Å². The largest absolute Gasteiger partial charge is 0.369 e. The van der Waals surface area contributed by atoms with E-state index < -0.39 is 0 Å². The Balaban J connectivity index is 1.82. The number of H-pyrrole nitrogens is 1. The normalized spacial score (nSPS) is 18.2. The molecule has 2 N–H and O–H groups in total. The van der Waals surface area contributed by atoms with Crippen LogP contribution >= 0.6 is 0 Å². The molecule has 5 nitrogen and oxygen atoms in total. The maximum absolute atomic E-state index is 9.50. The molecule has 1 aliphatic heterocycles. The fraction of sp³-hybridized carbons (Fsp3) is 0.444. The van der Waals surface area contributed by atoms with E-state index in [1.807, 2.05) is 18.3 Å². The van der Waals surface area contributed by atoms with Crippen LogP contribution in [0.4, 0.5) is 5.69 Å². The number of anilines is 1. The molecule has 2 aromatic rings.